The summed E-state index contributed by atoms with van der Waals surface area (Å²) in [7, 11) is 1.75. The lowest BCUT2D eigenvalue weighted by molar-refractivity contribution is -0.137. The smallest absolute Gasteiger partial charge is 0.416 e. The number of hydrogen-bond donors (Lipinski definition) is 1. The van der Waals surface area contributed by atoms with Gasteiger partial charge in [-0.25, -0.2) is 0 Å². The zero-order valence-electron chi connectivity index (χ0n) is 11.0. The normalized spacial score (nSPS) is 13.4. The molecular weight excluding hydrogens is 271 g/mol. The first-order valence-electron chi connectivity index (χ1n) is 6.14. The van der Waals surface area contributed by atoms with Crippen LogP contribution in [0.15, 0.2) is 28.7 Å². The van der Waals surface area contributed by atoms with Crippen LogP contribution in [0, 0.1) is 0 Å². The fourth-order valence-corrected chi connectivity index (χ4v) is 1.82. The maximum atomic E-state index is 12.6. The van der Waals surface area contributed by atoms with Crippen LogP contribution in [0.1, 0.15) is 30.8 Å². The lowest BCUT2D eigenvalue weighted by Crippen LogP contribution is -2.15. The lowest BCUT2D eigenvalue weighted by atomic mass is 10.1. The van der Waals surface area contributed by atoms with Crippen molar-refractivity contribution in [2.24, 2.45) is 0 Å². The minimum atomic E-state index is -4.39. The van der Waals surface area contributed by atoms with Crippen molar-refractivity contribution in [1.29, 1.82) is 0 Å². The molecule has 0 aliphatic carbocycles. The topological polar surface area (TPSA) is 51.0 Å². The molecule has 1 N–H and O–H groups in total. The Bertz CT molecular complexity index is 576. The van der Waals surface area contributed by atoms with Gasteiger partial charge in [-0.2, -0.15) is 13.2 Å². The fraction of sp³-hybridized carbons (Fsp3) is 0.385. The molecule has 1 unspecified atom stereocenters. The third-order valence-corrected chi connectivity index (χ3v) is 2.93. The first-order chi connectivity index (χ1) is 9.45. The van der Waals surface area contributed by atoms with Gasteiger partial charge in [0.15, 0.2) is 0 Å². The van der Waals surface area contributed by atoms with Crippen LogP contribution in [0.2, 0.25) is 0 Å². The van der Waals surface area contributed by atoms with Crippen LogP contribution in [0.4, 0.5) is 13.2 Å². The van der Waals surface area contributed by atoms with E-state index in [1.54, 1.807) is 7.05 Å². The van der Waals surface area contributed by atoms with E-state index in [1.807, 2.05) is 6.92 Å². The average Bonchev–Trinajstić information content (AvgIpc) is 2.89. The zero-order valence-corrected chi connectivity index (χ0v) is 11.0. The maximum absolute atomic E-state index is 12.6. The van der Waals surface area contributed by atoms with Gasteiger partial charge in [0.1, 0.15) is 0 Å². The number of halogens is 3. The summed E-state index contributed by atoms with van der Waals surface area (Å²) < 4.78 is 43.4. The van der Waals surface area contributed by atoms with Crippen LogP contribution >= 0.6 is 0 Å². The van der Waals surface area contributed by atoms with Gasteiger partial charge in [-0.15, -0.1) is 10.2 Å². The Labute approximate surface area is 114 Å². The molecule has 0 fully saturated rings. The Morgan fingerprint density at radius 1 is 1.30 bits per heavy atom. The molecule has 20 heavy (non-hydrogen) atoms. The molecule has 0 saturated heterocycles. The molecule has 108 valence electrons. The largest absolute Gasteiger partial charge is 0.419 e. The standard InChI is InChI=1S/C13H14F3N3O/c1-3-10(17-2)12-19-18-11(20-12)8-5-4-6-9(7-8)13(14,15)16/h4-7,10,17H,3H2,1-2H3. The third kappa shape index (κ3) is 2.98. The number of rotatable bonds is 4. The van der Waals surface area contributed by atoms with Gasteiger partial charge in [-0.3, -0.25) is 0 Å². The number of hydrogen-bond acceptors (Lipinski definition) is 4. The van der Waals surface area contributed by atoms with Gasteiger partial charge in [0.05, 0.1) is 11.6 Å². The van der Waals surface area contributed by atoms with Gasteiger partial charge in [0, 0.05) is 5.56 Å². The quantitative estimate of drug-likeness (QED) is 0.935. The second kappa shape index (κ2) is 5.62. The lowest BCUT2D eigenvalue weighted by Gasteiger charge is -2.08. The summed E-state index contributed by atoms with van der Waals surface area (Å²) in [5, 5.41) is 10.7. The average molecular weight is 285 g/mol. The molecule has 1 aromatic heterocycles. The molecular formula is C13H14F3N3O. The highest BCUT2D eigenvalue weighted by atomic mass is 19.4. The highest BCUT2D eigenvalue weighted by molar-refractivity contribution is 5.54. The van der Waals surface area contributed by atoms with E-state index >= 15 is 0 Å². The first-order valence-corrected chi connectivity index (χ1v) is 6.14. The SMILES string of the molecule is CCC(NC)c1nnc(-c2cccc(C(F)(F)F)c2)o1. The molecule has 7 heteroatoms. The summed E-state index contributed by atoms with van der Waals surface area (Å²) >= 11 is 0. The minimum absolute atomic E-state index is 0.0831. The highest BCUT2D eigenvalue weighted by Crippen LogP contribution is 2.32. The van der Waals surface area contributed by atoms with Gasteiger partial charge in [0.25, 0.3) is 0 Å². The summed E-state index contributed by atoms with van der Waals surface area (Å²) in [5.41, 5.74) is -0.486. The van der Waals surface area contributed by atoms with E-state index in [9.17, 15) is 13.2 Å². The summed E-state index contributed by atoms with van der Waals surface area (Å²) in [6.45, 7) is 1.94. The van der Waals surface area contributed by atoms with E-state index in [0.717, 1.165) is 18.6 Å². The Kier molecular flexibility index (Phi) is 4.08. The minimum Gasteiger partial charge on any atom is -0.419 e. The Balaban J connectivity index is 2.33. The molecule has 0 radical (unpaired) electrons. The molecule has 4 nitrogen and oxygen atoms in total. The Hall–Kier alpha value is -1.89. The molecule has 0 aliphatic rings. The molecule has 1 aromatic carbocycles. The van der Waals surface area contributed by atoms with Crippen LogP contribution in [-0.2, 0) is 6.18 Å². The van der Waals surface area contributed by atoms with Crippen molar-refractivity contribution in [2.75, 3.05) is 7.05 Å². The molecule has 0 spiro atoms. The Morgan fingerprint density at radius 3 is 2.65 bits per heavy atom. The van der Waals surface area contributed by atoms with Crippen LogP contribution in [0.5, 0.6) is 0 Å². The summed E-state index contributed by atoms with van der Waals surface area (Å²) in [5.74, 6) is 0.446. The molecule has 1 heterocycles. The number of alkyl halides is 3. The monoisotopic (exact) mass is 285 g/mol. The number of aromatic nitrogens is 2. The second-order valence-corrected chi connectivity index (χ2v) is 4.27. The van der Waals surface area contributed by atoms with Gasteiger partial charge < -0.3 is 9.73 Å². The molecule has 1 atom stereocenters. The van der Waals surface area contributed by atoms with Crippen molar-refractivity contribution in [3.05, 3.63) is 35.7 Å². The van der Waals surface area contributed by atoms with Gasteiger partial charge in [0.2, 0.25) is 11.8 Å². The maximum Gasteiger partial charge on any atom is 0.416 e. The van der Waals surface area contributed by atoms with Crippen molar-refractivity contribution in [1.82, 2.24) is 15.5 Å². The Morgan fingerprint density at radius 2 is 2.05 bits per heavy atom. The van der Waals surface area contributed by atoms with E-state index in [4.69, 9.17) is 4.42 Å². The first kappa shape index (κ1) is 14.5. The van der Waals surface area contributed by atoms with Crippen molar-refractivity contribution < 1.29 is 17.6 Å². The van der Waals surface area contributed by atoms with Crippen molar-refractivity contribution >= 4 is 0 Å². The van der Waals surface area contributed by atoms with Gasteiger partial charge >= 0.3 is 6.18 Å². The van der Waals surface area contributed by atoms with Crippen molar-refractivity contribution in [3.8, 4) is 11.5 Å². The second-order valence-electron chi connectivity index (χ2n) is 4.27. The molecule has 0 aliphatic heterocycles. The van der Waals surface area contributed by atoms with Crippen LogP contribution < -0.4 is 5.32 Å². The van der Waals surface area contributed by atoms with Crippen LogP contribution in [-0.4, -0.2) is 17.2 Å². The number of nitrogens with zero attached hydrogens (tertiary/aromatic N) is 2. The summed E-state index contributed by atoms with van der Waals surface area (Å²) in [6, 6.07) is 4.72. The molecule has 0 saturated carbocycles. The van der Waals surface area contributed by atoms with Gasteiger partial charge in [-0.05, 0) is 31.7 Å². The van der Waals surface area contributed by atoms with E-state index in [-0.39, 0.29) is 17.5 Å². The van der Waals surface area contributed by atoms with E-state index in [0.29, 0.717) is 5.89 Å². The fourth-order valence-electron chi connectivity index (χ4n) is 1.82. The molecule has 0 amide bonds. The van der Waals surface area contributed by atoms with E-state index in [1.165, 1.54) is 12.1 Å². The van der Waals surface area contributed by atoms with E-state index in [2.05, 4.69) is 15.5 Å². The molecule has 0 bridgehead atoms. The number of benzene rings is 1. The highest BCUT2D eigenvalue weighted by Gasteiger charge is 2.31. The number of nitrogens with one attached hydrogen (secondary N) is 1. The third-order valence-electron chi connectivity index (χ3n) is 2.93. The van der Waals surface area contributed by atoms with Crippen molar-refractivity contribution in [2.45, 2.75) is 25.6 Å². The predicted octanol–water partition coefficient (Wildman–Crippen LogP) is 3.43. The predicted molar refractivity (Wildman–Crippen MR) is 66.8 cm³/mol. The van der Waals surface area contributed by atoms with Crippen molar-refractivity contribution in [3.63, 3.8) is 0 Å². The van der Waals surface area contributed by atoms with Gasteiger partial charge in [-0.1, -0.05) is 13.0 Å². The summed E-state index contributed by atoms with van der Waals surface area (Å²) in [6.07, 6.45) is -3.66. The summed E-state index contributed by atoms with van der Waals surface area (Å²) in [4.78, 5) is 0. The van der Waals surface area contributed by atoms with Crippen LogP contribution in [0.25, 0.3) is 11.5 Å². The van der Waals surface area contributed by atoms with E-state index < -0.39 is 11.7 Å². The molecule has 2 rings (SSSR count). The van der Waals surface area contributed by atoms with Crippen LogP contribution in [0.3, 0.4) is 0 Å². The molecule has 2 aromatic rings. The zero-order chi connectivity index (χ0) is 14.8.